The number of nitrogens with two attached hydrogens (primary N) is 1. The lowest BCUT2D eigenvalue weighted by atomic mass is 10.3. The summed E-state index contributed by atoms with van der Waals surface area (Å²) < 4.78 is 27.4. The minimum Gasteiger partial charge on any atom is -0.455 e. The van der Waals surface area contributed by atoms with Gasteiger partial charge in [0.05, 0.1) is 26.5 Å². The van der Waals surface area contributed by atoms with Crippen molar-refractivity contribution in [2.24, 2.45) is 17.0 Å². The lowest BCUT2D eigenvalue weighted by molar-refractivity contribution is -0.148. The molecule has 1 aliphatic carbocycles. The molecular formula is C13H14Cl2N2O5S. The van der Waals surface area contributed by atoms with Gasteiger partial charge < -0.3 is 10.1 Å². The summed E-state index contributed by atoms with van der Waals surface area (Å²) in [5.41, 5.74) is 0.0153. The van der Waals surface area contributed by atoms with E-state index < -0.39 is 28.5 Å². The molecule has 3 N–H and O–H groups in total. The number of carbonyl (C=O) groups excluding carboxylic acids is 2. The summed E-state index contributed by atoms with van der Waals surface area (Å²) >= 11 is 11.8. The van der Waals surface area contributed by atoms with Crippen molar-refractivity contribution < 1.29 is 22.7 Å². The van der Waals surface area contributed by atoms with Crippen molar-refractivity contribution in [1.29, 1.82) is 0 Å². The molecule has 1 aliphatic rings. The minimum atomic E-state index is -3.97. The summed E-state index contributed by atoms with van der Waals surface area (Å²) in [5, 5.41) is 7.15. The number of hydrogen-bond acceptors (Lipinski definition) is 5. The van der Waals surface area contributed by atoms with Gasteiger partial charge in [0.1, 0.15) is 0 Å². The molecule has 0 spiro atoms. The fourth-order valence-electron chi connectivity index (χ4n) is 1.90. The summed E-state index contributed by atoms with van der Waals surface area (Å²) in [5.74, 6) is -0.933. The van der Waals surface area contributed by atoms with Crippen molar-refractivity contribution in [2.45, 2.75) is 18.2 Å². The van der Waals surface area contributed by atoms with Crippen LogP contribution in [0.4, 0.5) is 5.69 Å². The second-order valence-electron chi connectivity index (χ2n) is 5.28. The number of amides is 1. The second kappa shape index (κ2) is 6.64. The molecule has 23 heavy (non-hydrogen) atoms. The van der Waals surface area contributed by atoms with Crippen molar-refractivity contribution in [3.63, 3.8) is 0 Å². The van der Waals surface area contributed by atoms with Gasteiger partial charge in [-0.3, -0.25) is 9.59 Å². The molecule has 10 heteroatoms. The molecule has 0 heterocycles. The van der Waals surface area contributed by atoms with E-state index in [4.69, 9.17) is 33.1 Å². The van der Waals surface area contributed by atoms with Crippen molar-refractivity contribution in [3.05, 3.63) is 22.2 Å². The highest BCUT2D eigenvalue weighted by molar-refractivity contribution is 7.89. The SMILES string of the molecule is C[C@H]1C[C@H]1C(=O)OCC(=O)Nc1c(Cl)cc(S(N)(=O)=O)cc1Cl. The maximum Gasteiger partial charge on any atom is 0.309 e. The Morgan fingerprint density at radius 2 is 1.87 bits per heavy atom. The highest BCUT2D eigenvalue weighted by Crippen LogP contribution is 2.38. The molecule has 2 atom stereocenters. The van der Waals surface area contributed by atoms with E-state index in [0.29, 0.717) is 0 Å². The summed E-state index contributed by atoms with van der Waals surface area (Å²) in [7, 11) is -3.97. The summed E-state index contributed by atoms with van der Waals surface area (Å²) in [6, 6.07) is 2.13. The normalized spacial score (nSPS) is 20.0. The topological polar surface area (TPSA) is 116 Å². The molecule has 1 saturated carbocycles. The fraction of sp³-hybridized carbons (Fsp3) is 0.385. The van der Waals surface area contributed by atoms with Crippen LogP contribution in [0.15, 0.2) is 17.0 Å². The summed E-state index contributed by atoms with van der Waals surface area (Å²) in [6.45, 7) is 1.43. The predicted molar refractivity (Wildman–Crippen MR) is 84.7 cm³/mol. The maximum absolute atomic E-state index is 11.8. The zero-order valence-corrected chi connectivity index (χ0v) is 14.3. The Morgan fingerprint density at radius 3 is 2.30 bits per heavy atom. The molecule has 7 nitrogen and oxygen atoms in total. The average Bonchev–Trinajstić information content (AvgIpc) is 3.16. The first-order chi connectivity index (χ1) is 10.6. The largest absolute Gasteiger partial charge is 0.455 e. The van der Waals surface area contributed by atoms with Crippen molar-refractivity contribution >= 4 is 50.8 Å². The Balaban J connectivity index is 2.02. The first kappa shape index (κ1) is 18.0. The predicted octanol–water partition coefficient (Wildman–Crippen LogP) is 1.78. The maximum atomic E-state index is 11.8. The Hall–Kier alpha value is -1.35. The molecule has 0 aromatic heterocycles. The van der Waals surface area contributed by atoms with Crippen LogP contribution in [-0.4, -0.2) is 26.9 Å². The van der Waals surface area contributed by atoms with E-state index in [9.17, 15) is 18.0 Å². The van der Waals surface area contributed by atoms with Gasteiger partial charge in [0.15, 0.2) is 6.61 Å². The van der Waals surface area contributed by atoms with Gasteiger partial charge in [0.25, 0.3) is 5.91 Å². The smallest absolute Gasteiger partial charge is 0.309 e. The first-order valence-electron chi connectivity index (χ1n) is 6.58. The van der Waals surface area contributed by atoms with Crippen LogP contribution < -0.4 is 10.5 Å². The van der Waals surface area contributed by atoms with Gasteiger partial charge in [-0.1, -0.05) is 30.1 Å². The van der Waals surface area contributed by atoms with Gasteiger partial charge in [-0.2, -0.15) is 0 Å². The number of nitrogens with one attached hydrogen (secondary N) is 1. The lowest BCUT2D eigenvalue weighted by Crippen LogP contribution is -2.22. The van der Waals surface area contributed by atoms with Gasteiger partial charge in [-0.25, -0.2) is 13.6 Å². The van der Waals surface area contributed by atoms with Crippen LogP contribution in [0.3, 0.4) is 0 Å². The molecule has 1 fully saturated rings. The lowest BCUT2D eigenvalue weighted by Gasteiger charge is -2.11. The Bertz CT molecular complexity index is 743. The number of benzene rings is 1. The molecule has 0 saturated heterocycles. The number of ether oxygens (including phenoxy) is 1. The van der Waals surface area contributed by atoms with Crippen molar-refractivity contribution in [1.82, 2.24) is 0 Å². The van der Waals surface area contributed by atoms with Gasteiger partial charge >= 0.3 is 5.97 Å². The summed E-state index contributed by atoms with van der Waals surface area (Å²) in [6.07, 6.45) is 0.757. The number of hydrogen-bond donors (Lipinski definition) is 2. The standard InChI is InChI=1S/C13H14Cl2N2O5S/c1-6-2-8(6)13(19)22-5-11(18)17-12-9(14)3-7(4-10(12)15)23(16,20)21/h3-4,6,8H,2,5H2,1H3,(H,17,18)(H2,16,20,21)/t6-,8+/m0/s1. The van der Waals surface area contributed by atoms with E-state index >= 15 is 0 Å². The molecule has 0 aliphatic heterocycles. The first-order valence-corrected chi connectivity index (χ1v) is 8.88. The fourth-order valence-corrected chi connectivity index (χ4v) is 3.18. The van der Waals surface area contributed by atoms with Gasteiger partial charge in [-0.05, 0) is 24.5 Å². The minimum absolute atomic E-state index is 0.0153. The number of halogens is 2. The Morgan fingerprint density at radius 1 is 1.35 bits per heavy atom. The number of anilines is 1. The quantitative estimate of drug-likeness (QED) is 0.755. The number of esters is 1. The van der Waals surface area contributed by atoms with Gasteiger partial charge in [0, 0.05) is 0 Å². The average molecular weight is 381 g/mol. The molecule has 0 radical (unpaired) electrons. The van der Waals surface area contributed by atoms with Crippen molar-refractivity contribution in [2.75, 3.05) is 11.9 Å². The van der Waals surface area contributed by atoms with Crippen LogP contribution in [0.5, 0.6) is 0 Å². The molecule has 0 bridgehead atoms. The van der Waals surface area contributed by atoms with E-state index in [2.05, 4.69) is 5.32 Å². The third kappa shape index (κ3) is 4.57. The zero-order valence-electron chi connectivity index (χ0n) is 12.0. The molecular weight excluding hydrogens is 367 g/mol. The van der Waals surface area contributed by atoms with Crippen molar-refractivity contribution in [3.8, 4) is 0 Å². The molecule has 2 rings (SSSR count). The molecule has 1 aromatic carbocycles. The third-order valence-electron chi connectivity index (χ3n) is 3.37. The van der Waals surface area contributed by atoms with Crippen LogP contribution in [0.25, 0.3) is 0 Å². The molecule has 1 amide bonds. The molecule has 126 valence electrons. The van der Waals surface area contributed by atoms with E-state index in [0.717, 1.165) is 18.6 Å². The Labute approximate surface area is 143 Å². The number of primary sulfonamides is 1. The van der Waals surface area contributed by atoms with Gasteiger partial charge in [0.2, 0.25) is 10.0 Å². The third-order valence-corrected chi connectivity index (χ3v) is 4.86. The molecule has 0 unspecified atom stereocenters. The van der Waals surface area contributed by atoms with Gasteiger partial charge in [-0.15, -0.1) is 0 Å². The monoisotopic (exact) mass is 380 g/mol. The molecule has 1 aromatic rings. The number of sulfonamides is 1. The van der Waals surface area contributed by atoms with Crippen LogP contribution in [0.2, 0.25) is 10.0 Å². The summed E-state index contributed by atoms with van der Waals surface area (Å²) in [4.78, 5) is 23.0. The second-order valence-corrected chi connectivity index (χ2v) is 7.66. The number of rotatable bonds is 5. The highest BCUT2D eigenvalue weighted by Gasteiger charge is 2.40. The van der Waals surface area contributed by atoms with E-state index in [1.54, 1.807) is 0 Å². The van der Waals surface area contributed by atoms with Crippen LogP contribution >= 0.6 is 23.2 Å². The van der Waals surface area contributed by atoms with E-state index in [-0.39, 0.29) is 32.5 Å². The highest BCUT2D eigenvalue weighted by atomic mass is 35.5. The van der Waals surface area contributed by atoms with E-state index in [1.165, 1.54) is 0 Å². The zero-order chi connectivity index (χ0) is 17.4. The Kier molecular flexibility index (Phi) is 5.20. The van der Waals surface area contributed by atoms with Crippen LogP contribution in [0.1, 0.15) is 13.3 Å². The number of carbonyl (C=O) groups is 2. The van der Waals surface area contributed by atoms with Crippen LogP contribution in [0, 0.1) is 11.8 Å². The van der Waals surface area contributed by atoms with Crippen LogP contribution in [-0.2, 0) is 24.3 Å². The van der Waals surface area contributed by atoms with E-state index in [1.807, 2.05) is 6.92 Å².